The number of nitrogens with one attached hydrogen (secondary N) is 1. The highest BCUT2D eigenvalue weighted by Gasteiger charge is 2.19. The van der Waals surface area contributed by atoms with Crippen LogP contribution in [0.15, 0.2) is 12.2 Å². The molecule has 0 aliphatic carbocycles. The van der Waals surface area contributed by atoms with E-state index in [2.05, 4.69) is 31.3 Å². The van der Waals surface area contributed by atoms with Crippen molar-refractivity contribution < 1.29 is 15.0 Å². The van der Waals surface area contributed by atoms with Crippen molar-refractivity contribution in [2.45, 2.75) is 174 Å². The van der Waals surface area contributed by atoms with Gasteiger partial charge in [0.1, 0.15) is 0 Å². The number of aliphatic hydroxyl groups is 2. The third kappa shape index (κ3) is 24.6. The van der Waals surface area contributed by atoms with E-state index in [0.717, 1.165) is 32.1 Å². The van der Waals surface area contributed by atoms with Crippen molar-refractivity contribution >= 4 is 5.91 Å². The van der Waals surface area contributed by atoms with Crippen LogP contribution >= 0.6 is 0 Å². The van der Waals surface area contributed by atoms with Gasteiger partial charge in [0, 0.05) is 6.42 Å². The van der Waals surface area contributed by atoms with Gasteiger partial charge in [-0.3, -0.25) is 4.79 Å². The summed E-state index contributed by atoms with van der Waals surface area (Å²) in [6.45, 7) is 4.27. The Kier molecular flexibility index (Phi) is 27.0. The molecule has 208 valence electrons. The Bertz CT molecular complexity index is 466. The Hall–Kier alpha value is -0.870. The lowest BCUT2D eigenvalue weighted by atomic mass is 10.0. The summed E-state index contributed by atoms with van der Waals surface area (Å²) in [6.07, 6.45) is 31.1. The molecule has 4 nitrogen and oxygen atoms in total. The summed E-state index contributed by atoms with van der Waals surface area (Å²) in [5.74, 6) is -0.0454. The molecule has 0 saturated carbocycles. The molecule has 0 radical (unpaired) electrons. The number of amides is 1. The molecule has 4 heteroatoms. The van der Waals surface area contributed by atoms with E-state index in [1.54, 1.807) is 0 Å². The maximum atomic E-state index is 12.2. The maximum absolute atomic E-state index is 12.2. The van der Waals surface area contributed by atoms with E-state index < -0.39 is 12.1 Å². The molecule has 0 aromatic carbocycles. The number of unbranched alkanes of at least 4 members (excludes halogenated alkanes) is 18. The lowest BCUT2D eigenvalue weighted by Gasteiger charge is -2.22. The van der Waals surface area contributed by atoms with Crippen LogP contribution in [-0.4, -0.2) is 34.9 Å². The van der Waals surface area contributed by atoms with Crippen molar-refractivity contribution in [2.24, 2.45) is 0 Å². The van der Waals surface area contributed by atoms with Crippen molar-refractivity contribution in [2.75, 3.05) is 6.61 Å². The van der Waals surface area contributed by atoms with E-state index in [4.69, 9.17) is 0 Å². The number of carbonyl (C=O) groups excluding carboxylic acids is 1. The van der Waals surface area contributed by atoms with E-state index in [0.29, 0.717) is 12.8 Å². The smallest absolute Gasteiger partial charge is 0.220 e. The minimum Gasteiger partial charge on any atom is -0.394 e. The summed E-state index contributed by atoms with van der Waals surface area (Å²) in [5, 5.41) is 22.9. The first kappa shape index (κ1) is 34.1. The average Bonchev–Trinajstić information content (AvgIpc) is 2.86. The molecular weight excluding hydrogens is 434 g/mol. The van der Waals surface area contributed by atoms with Gasteiger partial charge in [-0.2, -0.15) is 0 Å². The average molecular weight is 496 g/mol. The standard InChI is InChI=1S/C31H61NO3/c1-3-5-7-9-11-13-15-16-17-18-20-22-24-26-30(34)29(28-33)32-31(35)27-25-23-21-19-14-12-10-8-6-4-2/h8,10,29-30,33-34H,3-7,9,11-28H2,1-2H3,(H,32,35)/b10-8-. The molecule has 0 saturated heterocycles. The van der Waals surface area contributed by atoms with Gasteiger partial charge < -0.3 is 15.5 Å². The van der Waals surface area contributed by atoms with Gasteiger partial charge in [-0.05, 0) is 32.1 Å². The molecule has 35 heavy (non-hydrogen) atoms. The van der Waals surface area contributed by atoms with E-state index in [1.807, 2.05) is 0 Å². The second-order valence-electron chi connectivity index (χ2n) is 10.5. The number of hydrogen-bond acceptors (Lipinski definition) is 3. The van der Waals surface area contributed by atoms with Crippen LogP contribution < -0.4 is 5.32 Å². The zero-order chi connectivity index (χ0) is 25.8. The quantitative estimate of drug-likeness (QED) is 0.0791. The van der Waals surface area contributed by atoms with E-state index >= 15 is 0 Å². The fraction of sp³-hybridized carbons (Fsp3) is 0.903. The highest BCUT2D eigenvalue weighted by atomic mass is 16.3. The van der Waals surface area contributed by atoms with Crippen LogP contribution in [0.25, 0.3) is 0 Å². The van der Waals surface area contributed by atoms with Gasteiger partial charge in [-0.15, -0.1) is 0 Å². The second-order valence-corrected chi connectivity index (χ2v) is 10.5. The minimum atomic E-state index is -0.655. The molecule has 0 aromatic rings. The Morgan fingerprint density at radius 2 is 1.14 bits per heavy atom. The second kappa shape index (κ2) is 27.7. The fourth-order valence-electron chi connectivity index (χ4n) is 4.60. The summed E-state index contributed by atoms with van der Waals surface area (Å²) < 4.78 is 0. The van der Waals surface area contributed by atoms with Gasteiger partial charge in [-0.25, -0.2) is 0 Å². The largest absolute Gasteiger partial charge is 0.394 e. The molecule has 1 amide bonds. The van der Waals surface area contributed by atoms with Crippen LogP contribution in [0.1, 0.15) is 162 Å². The molecule has 2 atom stereocenters. The monoisotopic (exact) mass is 495 g/mol. The topological polar surface area (TPSA) is 69.6 Å². The van der Waals surface area contributed by atoms with Gasteiger partial charge in [0.2, 0.25) is 5.91 Å². The normalized spacial score (nSPS) is 13.4. The van der Waals surface area contributed by atoms with Gasteiger partial charge in [0.15, 0.2) is 0 Å². The third-order valence-electron chi connectivity index (χ3n) is 7.01. The SMILES string of the molecule is CCC/C=C\CCCCCCCC(=O)NC(CO)C(O)CCCCCCCCCCCCCCC. The number of aliphatic hydroxyl groups excluding tert-OH is 2. The van der Waals surface area contributed by atoms with E-state index in [-0.39, 0.29) is 12.5 Å². The molecule has 3 N–H and O–H groups in total. The Morgan fingerprint density at radius 1 is 0.657 bits per heavy atom. The number of rotatable bonds is 27. The Morgan fingerprint density at radius 3 is 1.69 bits per heavy atom. The van der Waals surface area contributed by atoms with Gasteiger partial charge >= 0.3 is 0 Å². The summed E-state index contributed by atoms with van der Waals surface area (Å²) in [7, 11) is 0. The van der Waals surface area contributed by atoms with Crippen LogP contribution in [0, 0.1) is 0 Å². The summed E-state index contributed by atoms with van der Waals surface area (Å²) in [6, 6.07) is -0.533. The molecule has 0 fully saturated rings. The van der Waals surface area contributed by atoms with Crippen molar-refractivity contribution in [1.82, 2.24) is 5.32 Å². The molecule has 0 bridgehead atoms. The molecular formula is C31H61NO3. The Labute approximate surface area is 218 Å². The summed E-state index contributed by atoms with van der Waals surface area (Å²) in [4.78, 5) is 12.2. The van der Waals surface area contributed by atoms with Crippen molar-refractivity contribution in [3.8, 4) is 0 Å². The van der Waals surface area contributed by atoms with E-state index in [1.165, 1.54) is 103 Å². The molecule has 0 aromatic heterocycles. The number of allylic oxidation sites excluding steroid dienone is 2. The minimum absolute atomic E-state index is 0.0454. The maximum Gasteiger partial charge on any atom is 0.220 e. The fourth-order valence-corrected chi connectivity index (χ4v) is 4.60. The molecule has 0 rings (SSSR count). The lowest BCUT2D eigenvalue weighted by molar-refractivity contribution is -0.123. The lowest BCUT2D eigenvalue weighted by Crippen LogP contribution is -2.45. The first-order chi connectivity index (χ1) is 17.2. The molecule has 0 aliphatic rings. The molecule has 2 unspecified atom stereocenters. The summed E-state index contributed by atoms with van der Waals surface area (Å²) >= 11 is 0. The zero-order valence-corrected chi connectivity index (χ0v) is 23.6. The van der Waals surface area contributed by atoms with Gasteiger partial charge in [0.25, 0.3) is 0 Å². The predicted octanol–water partition coefficient (Wildman–Crippen LogP) is 8.39. The van der Waals surface area contributed by atoms with Crippen molar-refractivity contribution in [3.05, 3.63) is 12.2 Å². The first-order valence-electron chi connectivity index (χ1n) is 15.4. The molecule has 0 heterocycles. The number of hydrogen-bond donors (Lipinski definition) is 3. The van der Waals surface area contributed by atoms with Crippen molar-refractivity contribution in [1.29, 1.82) is 0 Å². The highest BCUT2D eigenvalue weighted by Crippen LogP contribution is 2.14. The van der Waals surface area contributed by atoms with Crippen LogP contribution in [0.5, 0.6) is 0 Å². The molecule has 0 aliphatic heterocycles. The number of carbonyl (C=O) groups is 1. The van der Waals surface area contributed by atoms with Crippen LogP contribution in [0.4, 0.5) is 0 Å². The van der Waals surface area contributed by atoms with Gasteiger partial charge in [-0.1, -0.05) is 135 Å². The highest BCUT2D eigenvalue weighted by molar-refractivity contribution is 5.76. The first-order valence-corrected chi connectivity index (χ1v) is 15.4. The summed E-state index contributed by atoms with van der Waals surface area (Å²) in [5.41, 5.74) is 0. The predicted molar refractivity (Wildman–Crippen MR) is 152 cm³/mol. The van der Waals surface area contributed by atoms with Crippen LogP contribution in [0.3, 0.4) is 0 Å². The Balaban J connectivity index is 3.61. The van der Waals surface area contributed by atoms with E-state index in [9.17, 15) is 15.0 Å². The third-order valence-corrected chi connectivity index (χ3v) is 7.01. The van der Waals surface area contributed by atoms with Crippen LogP contribution in [-0.2, 0) is 4.79 Å². The zero-order valence-electron chi connectivity index (χ0n) is 23.6. The van der Waals surface area contributed by atoms with Crippen molar-refractivity contribution in [3.63, 3.8) is 0 Å². The molecule has 0 spiro atoms. The van der Waals surface area contributed by atoms with Gasteiger partial charge in [0.05, 0.1) is 18.8 Å². The van der Waals surface area contributed by atoms with Crippen LogP contribution in [0.2, 0.25) is 0 Å².